The topological polar surface area (TPSA) is 66.4 Å². The van der Waals surface area contributed by atoms with Crippen LogP contribution in [-0.4, -0.2) is 37.8 Å². The van der Waals surface area contributed by atoms with Crippen molar-refractivity contribution in [2.75, 3.05) is 0 Å². The standard InChI is InChI=1S/C22H26N4O2/c1-16-23-14-13-18(24-16)11-12-21(27)26(19-8-3-2-4-9-19)25-15-17-7-5-6-10-20(17)22(25)28/h5-7,10,13-14,19H,2-4,8-9,11-12,15H2,1H3. The number of hydrogen-bond acceptors (Lipinski definition) is 4. The van der Waals surface area contributed by atoms with Crippen LogP contribution in [0.5, 0.6) is 0 Å². The molecule has 1 aromatic heterocycles. The summed E-state index contributed by atoms with van der Waals surface area (Å²) in [6.07, 6.45) is 7.95. The van der Waals surface area contributed by atoms with E-state index >= 15 is 0 Å². The van der Waals surface area contributed by atoms with Crippen LogP contribution in [0.25, 0.3) is 0 Å². The summed E-state index contributed by atoms with van der Waals surface area (Å²) in [5.41, 5.74) is 2.57. The van der Waals surface area contributed by atoms with Gasteiger partial charge in [0.15, 0.2) is 0 Å². The molecule has 146 valence electrons. The highest BCUT2D eigenvalue weighted by molar-refractivity contribution is 5.99. The number of aryl methyl sites for hydroxylation is 2. The smallest absolute Gasteiger partial charge is 0.273 e. The van der Waals surface area contributed by atoms with Gasteiger partial charge in [0.25, 0.3) is 5.91 Å². The van der Waals surface area contributed by atoms with Crippen LogP contribution in [0.4, 0.5) is 0 Å². The molecular formula is C22H26N4O2. The number of hydrazine groups is 1. The van der Waals surface area contributed by atoms with E-state index in [0.29, 0.717) is 30.8 Å². The Balaban J connectivity index is 1.54. The monoisotopic (exact) mass is 378 g/mol. The van der Waals surface area contributed by atoms with Gasteiger partial charge in [-0.2, -0.15) is 0 Å². The van der Waals surface area contributed by atoms with E-state index in [0.717, 1.165) is 36.9 Å². The lowest BCUT2D eigenvalue weighted by molar-refractivity contribution is -0.152. The molecule has 0 spiro atoms. The Morgan fingerprint density at radius 1 is 1.18 bits per heavy atom. The lowest BCUT2D eigenvalue weighted by Crippen LogP contribution is -2.53. The van der Waals surface area contributed by atoms with Gasteiger partial charge < -0.3 is 0 Å². The lowest BCUT2D eigenvalue weighted by atomic mass is 9.94. The van der Waals surface area contributed by atoms with E-state index < -0.39 is 0 Å². The molecule has 0 bridgehead atoms. The molecule has 1 aromatic carbocycles. The van der Waals surface area contributed by atoms with Crippen molar-refractivity contribution in [1.29, 1.82) is 0 Å². The molecule has 2 heterocycles. The SMILES string of the molecule is Cc1nccc(CCC(=O)N(C2CCCCC2)N2Cc3ccccc3C2=O)n1. The molecular weight excluding hydrogens is 352 g/mol. The van der Waals surface area contributed by atoms with Crippen molar-refractivity contribution < 1.29 is 9.59 Å². The van der Waals surface area contributed by atoms with Gasteiger partial charge in [-0.3, -0.25) is 9.59 Å². The van der Waals surface area contributed by atoms with E-state index in [1.165, 1.54) is 6.42 Å². The third-order valence-corrected chi connectivity index (χ3v) is 5.67. The van der Waals surface area contributed by atoms with Crippen molar-refractivity contribution in [1.82, 2.24) is 20.0 Å². The van der Waals surface area contributed by atoms with Gasteiger partial charge in [-0.15, -0.1) is 0 Å². The zero-order valence-corrected chi connectivity index (χ0v) is 16.3. The molecule has 0 saturated heterocycles. The number of benzene rings is 1. The second-order valence-corrected chi connectivity index (χ2v) is 7.65. The van der Waals surface area contributed by atoms with Crippen molar-refractivity contribution in [3.8, 4) is 0 Å². The van der Waals surface area contributed by atoms with E-state index in [1.54, 1.807) is 16.2 Å². The van der Waals surface area contributed by atoms with Gasteiger partial charge in [-0.05, 0) is 43.9 Å². The molecule has 2 aliphatic rings. The summed E-state index contributed by atoms with van der Waals surface area (Å²) >= 11 is 0. The molecule has 4 rings (SSSR count). The summed E-state index contributed by atoms with van der Waals surface area (Å²) in [4.78, 5) is 34.8. The van der Waals surface area contributed by atoms with E-state index in [2.05, 4.69) is 9.97 Å². The fourth-order valence-electron chi connectivity index (χ4n) is 4.27. The minimum Gasteiger partial charge on any atom is -0.273 e. The minimum atomic E-state index is -0.0626. The highest BCUT2D eigenvalue weighted by Crippen LogP contribution is 2.30. The molecule has 0 unspecified atom stereocenters. The number of amides is 2. The molecule has 0 N–H and O–H groups in total. The first-order chi connectivity index (χ1) is 13.6. The van der Waals surface area contributed by atoms with Crippen molar-refractivity contribution in [2.24, 2.45) is 0 Å². The Morgan fingerprint density at radius 3 is 2.71 bits per heavy atom. The molecule has 1 aliphatic carbocycles. The fraction of sp³-hybridized carbons (Fsp3) is 0.455. The maximum Gasteiger partial charge on any atom is 0.273 e. The highest BCUT2D eigenvalue weighted by atomic mass is 16.2. The maximum absolute atomic E-state index is 13.3. The average Bonchev–Trinajstić information content (AvgIpc) is 3.04. The third-order valence-electron chi connectivity index (χ3n) is 5.67. The predicted octanol–water partition coefficient (Wildman–Crippen LogP) is 3.45. The van der Waals surface area contributed by atoms with E-state index in [9.17, 15) is 9.59 Å². The molecule has 1 saturated carbocycles. The summed E-state index contributed by atoms with van der Waals surface area (Å²) in [7, 11) is 0. The number of fused-ring (bicyclic) bond motifs is 1. The Bertz CT molecular complexity index is 876. The van der Waals surface area contributed by atoms with Gasteiger partial charge in [0.2, 0.25) is 5.91 Å². The van der Waals surface area contributed by atoms with E-state index in [1.807, 2.05) is 37.3 Å². The van der Waals surface area contributed by atoms with Crippen LogP contribution >= 0.6 is 0 Å². The first-order valence-electron chi connectivity index (χ1n) is 10.1. The largest absolute Gasteiger partial charge is 0.273 e. The number of hydrogen-bond donors (Lipinski definition) is 0. The van der Waals surface area contributed by atoms with Gasteiger partial charge in [0, 0.05) is 23.9 Å². The fourth-order valence-corrected chi connectivity index (χ4v) is 4.27. The lowest BCUT2D eigenvalue weighted by Gasteiger charge is -2.40. The van der Waals surface area contributed by atoms with Crippen LogP contribution in [0.1, 0.15) is 66.0 Å². The Labute approximate surface area is 165 Å². The number of rotatable bonds is 5. The molecule has 0 atom stereocenters. The van der Waals surface area contributed by atoms with Crippen molar-refractivity contribution in [3.05, 3.63) is 59.2 Å². The third kappa shape index (κ3) is 3.77. The van der Waals surface area contributed by atoms with Crippen LogP contribution in [-0.2, 0) is 17.8 Å². The molecule has 1 aliphatic heterocycles. The normalized spacial score (nSPS) is 16.9. The van der Waals surface area contributed by atoms with Gasteiger partial charge in [0.1, 0.15) is 5.82 Å². The van der Waals surface area contributed by atoms with E-state index in [-0.39, 0.29) is 17.9 Å². The summed E-state index contributed by atoms with van der Waals surface area (Å²) < 4.78 is 0. The minimum absolute atomic E-state index is 0.00400. The molecule has 28 heavy (non-hydrogen) atoms. The Kier molecular flexibility index (Phi) is 5.37. The van der Waals surface area contributed by atoms with Gasteiger partial charge >= 0.3 is 0 Å². The van der Waals surface area contributed by atoms with Gasteiger partial charge in [-0.1, -0.05) is 37.5 Å². The van der Waals surface area contributed by atoms with Gasteiger partial charge in [-0.25, -0.2) is 20.0 Å². The van der Waals surface area contributed by atoms with Crippen molar-refractivity contribution in [3.63, 3.8) is 0 Å². The molecule has 6 nitrogen and oxygen atoms in total. The second kappa shape index (κ2) is 8.09. The summed E-state index contributed by atoms with van der Waals surface area (Å²) in [6, 6.07) is 9.60. The zero-order valence-electron chi connectivity index (χ0n) is 16.3. The van der Waals surface area contributed by atoms with Crippen LogP contribution < -0.4 is 0 Å². The van der Waals surface area contributed by atoms with Crippen LogP contribution in [0, 0.1) is 6.92 Å². The Hall–Kier alpha value is -2.76. The molecule has 2 aromatic rings. The van der Waals surface area contributed by atoms with Crippen LogP contribution in [0.3, 0.4) is 0 Å². The second-order valence-electron chi connectivity index (χ2n) is 7.65. The number of nitrogens with zero attached hydrogens (tertiary/aromatic N) is 4. The first kappa shape index (κ1) is 18.6. The van der Waals surface area contributed by atoms with Crippen LogP contribution in [0.2, 0.25) is 0 Å². The van der Waals surface area contributed by atoms with Gasteiger partial charge in [0.05, 0.1) is 12.6 Å². The first-order valence-corrected chi connectivity index (χ1v) is 10.1. The molecule has 1 fully saturated rings. The molecule has 2 amide bonds. The summed E-state index contributed by atoms with van der Waals surface area (Å²) in [5, 5.41) is 3.45. The number of carbonyl (C=O) groups is 2. The van der Waals surface area contributed by atoms with Crippen molar-refractivity contribution >= 4 is 11.8 Å². The number of carbonyl (C=O) groups excluding carboxylic acids is 2. The number of aromatic nitrogens is 2. The highest BCUT2D eigenvalue weighted by Gasteiger charge is 2.37. The van der Waals surface area contributed by atoms with Crippen LogP contribution in [0.15, 0.2) is 36.5 Å². The average molecular weight is 378 g/mol. The summed E-state index contributed by atoms with van der Waals surface area (Å²) in [5.74, 6) is 0.649. The molecule has 6 heteroatoms. The molecule has 0 radical (unpaired) electrons. The van der Waals surface area contributed by atoms with Crippen molar-refractivity contribution in [2.45, 2.75) is 64.5 Å². The zero-order chi connectivity index (χ0) is 19.5. The Morgan fingerprint density at radius 2 is 1.96 bits per heavy atom. The quantitative estimate of drug-likeness (QED) is 0.799. The predicted molar refractivity (Wildman–Crippen MR) is 105 cm³/mol. The summed E-state index contributed by atoms with van der Waals surface area (Å²) in [6.45, 7) is 2.32. The van der Waals surface area contributed by atoms with E-state index in [4.69, 9.17) is 0 Å². The maximum atomic E-state index is 13.3.